The lowest BCUT2D eigenvalue weighted by Gasteiger charge is -2.33. The van der Waals surface area contributed by atoms with Gasteiger partial charge < -0.3 is 4.90 Å². The van der Waals surface area contributed by atoms with E-state index in [2.05, 4.69) is 20.1 Å². The van der Waals surface area contributed by atoms with E-state index in [0.717, 1.165) is 48.4 Å². The van der Waals surface area contributed by atoms with Crippen molar-refractivity contribution in [2.75, 3.05) is 13.1 Å². The summed E-state index contributed by atoms with van der Waals surface area (Å²) < 4.78 is 1.86. The predicted molar refractivity (Wildman–Crippen MR) is 106 cm³/mol. The van der Waals surface area contributed by atoms with Crippen LogP contribution < -0.4 is 0 Å². The van der Waals surface area contributed by atoms with Crippen LogP contribution in [0.4, 0.5) is 0 Å². The minimum atomic E-state index is 0.0569. The summed E-state index contributed by atoms with van der Waals surface area (Å²) in [5, 5.41) is 4.32. The highest BCUT2D eigenvalue weighted by atomic mass is 16.2. The molecule has 28 heavy (non-hydrogen) atoms. The smallest absolute Gasteiger partial charge is 0.257 e. The second-order valence-corrected chi connectivity index (χ2v) is 7.11. The first kappa shape index (κ1) is 18.3. The summed E-state index contributed by atoms with van der Waals surface area (Å²) in [4.78, 5) is 28.0. The molecule has 0 unspecified atom stereocenters. The number of pyridine rings is 1. The molecule has 1 atom stereocenters. The molecule has 1 aliphatic rings. The molecule has 4 heterocycles. The second-order valence-electron chi connectivity index (χ2n) is 7.11. The van der Waals surface area contributed by atoms with Crippen molar-refractivity contribution < 1.29 is 4.79 Å². The number of nitrogens with zero attached hydrogens (tertiary/aromatic N) is 6. The molecule has 1 fully saturated rings. The SMILES string of the molecule is CCn1ncc(C(=O)N2CCC[C@@H](c3ncncc3-c3ccncc3)C2)c1C. The largest absolute Gasteiger partial charge is 0.338 e. The normalized spacial score (nSPS) is 16.9. The van der Waals surface area contributed by atoms with Crippen LogP contribution in [0, 0.1) is 6.92 Å². The molecule has 0 spiro atoms. The predicted octanol–water partition coefficient (Wildman–Crippen LogP) is 3.08. The lowest BCUT2D eigenvalue weighted by molar-refractivity contribution is 0.0705. The minimum absolute atomic E-state index is 0.0569. The molecular formula is C21H24N6O. The zero-order valence-corrected chi connectivity index (χ0v) is 16.2. The van der Waals surface area contributed by atoms with Gasteiger partial charge in [0.15, 0.2) is 0 Å². The quantitative estimate of drug-likeness (QED) is 0.699. The van der Waals surface area contributed by atoms with Crippen LogP contribution in [-0.2, 0) is 6.54 Å². The van der Waals surface area contributed by atoms with E-state index in [0.29, 0.717) is 12.1 Å². The van der Waals surface area contributed by atoms with Crippen molar-refractivity contribution in [2.24, 2.45) is 0 Å². The van der Waals surface area contributed by atoms with Crippen LogP contribution in [0.3, 0.4) is 0 Å². The van der Waals surface area contributed by atoms with Gasteiger partial charge in [0.2, 0.25) is 0 Å². The number of likely N-dealkylation sites (tertiary alicyclic amines) is 1. The lowest BCUT2D eigenvalue weighted by atomic mass is 9.90. The lowest BCUT2D eigenvalue weighted by Crippen LogP contribution is -2.39. The Bertz CT molecular complexity index is 968. The number of rotatable bonds is 4. The Balaban J connectivity index is 1.60. The van der Waals surface area contributed by atoms with E-state index in [1.54, 1.807) is 24.9 Å². The molecule has 7 nitrogen and oxygen atoms in total. The van der Waals surface area contributed by atoms with Crippen LogP contribution in [0.5, 0.6) is 0 Å². The van der Waals surface area contributed by atoms with Crippen molar-refractivity contribution in [1.82, 2.24) is 29.6 Å². The van der Waals surface area contributed by atoms with Gasteiger partial charge in [-0.3, -0.25) is 14.5 Å². The molecule has 0 aliphatic carbocycles. The first-order valence-corrected chi connectivity index (χ1v) is 9.71. The third-order valence-electron chi connectivity index (χ3n) is 5.46. The van der Waals surface area contributed by atoms with Gasteiger partial charge in [-0.15, -0.1) is 0 Å². The van der Waals surface area contributed by atoms with Crippen molar-refractivity contribution in [2.45, 2.75) is 39.2 Å². The van der Waals surface area contributed by atoms with Crippen LogP contribution in [0.1, 0.15) is 47.4 Å². The van der Waals surface area contributed by atoms with Crippen molar-refractivity contribution in [3.63, 3.8) is 0 Å². The van der Waals surface area contributed by atoms with Crippen LogP contribution >= 0.6 is 0 Å². The Morgan fingerprint density at radius 2 is 2.04 bits per heavy atom. The average molecular weight is 376 g/mol. The third-order valence-corrected chi connectivity index (χ3v) is 5.46. The Kier molecular flexibility index (Phi) is 5.14. The molecule has 0 N–H and O–H groups in total. The van der Waals surface area contributed by atoms with E-state index in [1.165, 1.54) is 0 Å². The Morgan fingerprint density at radius 1 is 1.21 bits per heavy atom. The van der Waals surface area contributed by atoms with Crippen molar-refractivity contribution in [3.05, 3.63) is 60.2 Å². The standard InChI is InChI=1S/C21H24N6O/c1-3-27-15(2)18(12-25-27)21(28)26-10-4-5-17(13-26)20-19(11-23-14-24-20)16-6-8-22-9-7-16/h6-9,11-12,14,17H,3-5,10,13H2,1-2H3/t17-/m1/s1. The average Bonchev–Trinajstić information content (AvgIpc) is 3.14. The molecule has 4 rings (SSSR count). The molecule has 1 amide bonds. The fourth-order valence-corrected chi connectivity index (χ4v) is 3.95. The second kappa shape index (κ2) is 7.88. The topological polar surface area (TPSA) is 76.8 Å². The number of piperidine rings is 1. The maximum Gasteiger partial charge on any atom is 0.257 e. The maximum atomic E-state index is 13.1. The highest BCUT2D eigenvalue weighted by molar-refractivity contribution is 5.95. The number of aryl methyl sites for hydroxylation is 1. The molecule has 3 aromatic heterocycles. The van der Waals surface area contributed by atoms with Gasteiger partial charge in [-0.1, -0.05) is 0 Å². The highest BCUT2D eigenvalue weighted by Crippen LogP contribution is 2.33. The molecule has 0 aromatic carbocycles. The first-order chi connectivity index (χ1) is 13.7. The molecule has 0 bridgehead atoms. The fourth-order valence-electron chi connectivity index (χ4n) is 3.95. The molecule has 1 aliphatic heterocycles. The molecule has 144 valence electrons. The number of carbonyl (C=O) groups excluding carboxylic acids is 1. The summed E-state index contributed by atoms with van der Waals surface area (Å²) in [5.74, 6) is 0.242. The zero-order chi connectivity index (χ0) is 19.5. The van der Waals surface area contributed by atoms with E-state index < -0.39 is 0 Å². The zero-order valence-electron chi connectivity index (χ0n) is 16.2. The first-order valence-electron chi connectivity index (χ1n) is 9.71. The van der Waals surface area contributed by atoms with Crippen molar-refractivity contribution in [3.8, 4) is 11.1 Å². The van der Waals surface area contributed by atoms with Gasteiger partial charge in [0.1, 0.15) is 6.33 Å². The summed E-state index contributed by atoms with van der Waals surface area (Å²) in [6, 6.07) is 3.94. The number of aromatic nitrogens is 5. The van der Waals surface area contributed by atoms with Gasteiger partial charge in [-0.2, -0.15) is 5.10 Å². The highest BCUT2D eigenvalue weighted by Gasteiger charge is 2.29. The molecule has 1 saturated heterocycles. The van der Waals surface area contributed by atoms with Crippen LogP contribution in [0.2, 0.25) is 0 Å². The van der Waals surface area contributed by atoms with E-state index in [4.69, 9.17) is 0 Å². The summed E-state index contributed by atoms with van der Waals surface area (Å²) in [5.41, 5.74) is 4.68. The molecule has 7 heteroatoms. The number of hydrogen-bond donors (Lipinski definition) is 0. The summed E-state index contributed by atoms with van der Waals surface area (Å²) >= 11 is 0. The Hall–Kier alpha value is -3.09. The fraction of sp³-hybridized carbons (Fsp3) is 0.381. The van der Waals surface area contributed by atoms with Gasteiger partial charge in [0.05, 0.1) is 17.5 Å². The maximum absolute atomic E-state index is 13.1. The van der Waals surface area contributed by atoms with E-state index in [-0.39, 0.29) is 11.8 Å². The van der Waals surface area contributed by atoms with Crippen LogP contribution in [0.25, 0.3) is 11.1 Å². The van der Waals surface area contributed by atoms with Gasteiger partial charge in [0.25, 0.3) is 5.91 Å². The Labute approximate surface area is 164 Å². The minimum Gasteiger partial charge on any atom is -0.338 e. The van der Waals surface area contributed by atoms with Gasteiger partial charge >= 0.3 is 0 Å². The molecular weight excluding hydrogens is 352 g/mol. The summed E-state index contributed by atoms with van der Waals surface area (Å²) in [6.45, 7) is 6.17. The third kappa shape index (κ3) is 3.40. The summed E-state index contributed by atoms with van der Waals surface area (Å²) in [6.07, 6.45) is 10.7. The van der Waals surface area contributed by atoms with Gasteiger partial charge in [0, 0.05) is 55.4 Å². The van der Waals surface area contributed by atoms with E-state index in [1.807, 2.05) is 41.8 Å². The monoisotopic (exact) mass is 376 g/mol. The van der Waals surface area contributed by atoms with Gasteiger partial charge in [-0.05, 0) is 44.4 Å². The molecule has 3 aromatic rings. The van der Waals surface area contributed by atoms with Gasteiger partial charge in [-0.25, -0.2) is 9.97 Å². The Morgan fingerprint density at radius 3 is 2.79 bits per heavy atom. The van der Waals surface area contributed by atoms with Crippen LogP contribution in [0.15, 0.2) is 43.2 Å². The summed E-state index contributed by atoms with van der Waals surface area (Å²) in [7, 11) is 0. The number of carbonyl (C=O) groups is 1. The van der Waals surface area contributed by atoms with Crippen molar-refractivity contribution in [1.29, 1.82) is 0 Å². The van der Waals surface area contributed by atoms with Crippen molar-refractivity contribution >= 4 is 5.91 Å². The van der Waals surface area contributed by atoms with Crippen LogP contribution in [-0.4, -0.2) is 48.6 Å². The number of amides is 1. The molecule has 0 radical (unpaired) electrons. The van der Waals surface area contributed by atoms with E-state index in [9.17, 15) is 4.79 Å². The number of hydrogen-bond acceptors (Lipinski definition) is 5. The molecule has 0 saturated carbocycles. The van der Waals surface area contributed by atoms with E-state index >= 15 is 0 Å².